The van der Waals surface area contributed by atoms with E-state index in [4.69, 9.17) is 0 Å². The summed E-state index contributed by atoms with van der Waals surface area (Å²) in [6.07, 6.45) is 12.4. The molecule has 2 fully saturated rings. The lowest BCUT2D eigenvalue weighted by molar-refractivity contribution is -0.122. The molecule has 3 unspecified atom stereocenters. The highest BCUT2D eigenvalue weighted by Crippen LogP contribution is 2.38. The summed E-state index contributed by atoms with van der Waals surface area (Å²) in [5.41, 5.74) is 0. The van der Waals surface area contributed by atoms with Crippen molar-refractivity contribution in [1.82, 2.24) is 10.6 Å². The van der Waals surface area contributed by atoms with E-state index in [1.807, 2.05) is 6.92 Å². The van der Waals surface area contributed by atoms with Gasteiger partial charge in [-0.1, -0.05) is 44.9 Å². The zero-order valence-corrected chi connectivity index (χ0v) is 12.6. The summed E-state index contributed by atoms with van der Waals surface area (Å²) < 4.78 is 0. The predicted octanol–water partition coefficient (Wildman–Crippen LogP) is 2.85. The molecule has 2 aliphatic carbocycles. The van der Waals surface area contributed by atoms with Crippen LogP contribution in [-0.2, 0) is 4.79 Å². The van der Waals surface area contributed by atoms with Crippen LogP contribution in [0.2, 0.25) is 0 Å². The van der Waals surface area contributed by atoms with E-state index in [1.54, 1.807) is 7.05 Å². The Bertz CT molecular complexity index is 286. The number of hydrogen-bond acceptors (Lipinski definition) is 2. The number of hydrogen-bond donors (Lipinski definition) is 2. The van der Waals surface area contributed by atoms with Gasteiger partial charge in [0.1, 0.15) is 0 Å². The van der Waals surface area contributed by atoms with Gasteiger partial charge in [-0.3, -0.25) is 4.79 Å². The third-order valence-electron chi connectivity index (χ3n) is 5.18. The second kappa shape index (κ2) is 7.28. The van der Waals surface area contributed by atoms with Crippen molar-refractivity contribution in [2.75, 3.05) is 7.05 Å². The van der Waals surface area contributed by atoms with Crippen LogP contribution in [0.5, 0.6) is 0 Å². The number of likely N-dealkylation sites (N-methyl/N-ethyl adjacent to an activating group) is 1. The Balaban J connectivity index is 1.93. The summed E-state index contributed by atoms with van der Waals surface area (Å²) in [5, 5.41) is 6.35. The lowest BCUT2D eigenvalue weighted by Crippen LogP contribution is -2.50. The van der Waals surface area contributed by atoms with Gasteiger partial charge >= 0.3 is 0 Å². The number of amides is 1. The molecule has 0 saturated heterocycles. The van der Waals surface area contributed by atoms with Crippen molar-refractivity contribution >= 4 is 5.91 Å². The van der Waals surface area contributed by atoms with Gasteiger partial charge in [0.15, 0.2) is 0 Å². The van der Waals surface area contributed by atoms with E-state index in [0.717, 1.165) is 11.8 Å². The Morgan fingerprint density at radius 1 is 1.00 bits per heavy atom. The van der Waals surface area contributed by atoms with Crippen LogP contribution in [0.1, 0.15) is 64.7 Å². The van der Waals surface area contributed by atoms with Crippen molar-refractivity contribution in [2.45, 2.75) is 76.8 Å². The Kier molecular flexibility index (Phi) is 5.68. The van der Waals surface area contributed by atoms with Crippen molar-refractivity contribution in [3.63, 3.8) is 0 Å². The van der Waals surface area contributed by atoms with Gasteiger partial charge in [0, 0.05) is 13.1 Å². The molecule has 19 heavy (non-hydrogen) atoms. The first-order valence-electron chi connectivity index (χ1n) is 8.20. The SMILES string of the molecule is CNC(=O)C(C)NC1CCCCC1C1CCCCC1. The van der Waals surface area contributed by atoms with Gasteiger partial charge in [0.2, 0.25) is 5.91 Å². The number of nitrogens with one attached hydrogen (secondary N) is 2. The molecule has 1 amide bonds. The van der Waals surface area contributed by atoms with Crippen LogP contribution in [0.4, 0.5) is 0 Å². The molecule has 3 heteroatoms. The monoisotopic (exact) mass is 266 g/mol. The molecule has 2 rings (SSSR count). The molecule has 0 aliphatic heterocycles. The Morgan fingerprint density at radius 3 is 2.32 bits per heavy atom. The van der Waals surface area contributed by atoms with Crippen LogP contribution < -0.4 is 10.6 Å². The van der Waals surface area contributed by atoms with E-state index < -0.39 is 0 Å². The van der Waals surface area contributed by atoms with E-state index in [1.165, 1.54) is 57.8 Å². The first-order valence-corrected chi connectivity index (χ1v) is 8.20. The Labute approximate surface area is 117 Å². The molecule has 0 aromatic carbocycles. The summed E-state index contributed by atoms with van der Waals surface area (Å²) in [6.45, 7) is 1.99. The van der Waals surface area contributed by atoms with Gasteiger partial charge in [-0.05, 0) is 31.6 Å². The Hall–Kier alpha value is -0.570. The van der Waals surface area contributed by atoms with Gasteiger partial charge in [0.05, 0.1) is 6.04 Å². The quantitative estimate of drug-likeness (QED) is 0.821. The maximum absolute atomic E-state index is 11.7. The minimum atomic E-state index is -0.0563. The molecular weight excluding hydrogens is 236 g/mol. The van der Waals surface area contributed by atoms with Crippen molar-refractivity contribution < 1.29 is 4.79 Å². The van der Waals surface area contributed by atoms with E-state index in [-0.39, 0.29) is 11.9 Å². The fourth-order valence-corrected chi connectivity index (χ4v) is 4.11. The fraction of sp³-hybridized carbons (Fsp3) is 0.938. The lowest BCUT2D eigenvalue weighted by Gasteiger charge is -2.40. The predicted molar refractivity (Wildman–Crippen MR) is 79.0 cm³/mol. The zero-order chi connectivity index (χ0) is 13.7. The normalized spacial score (nSPS) is 30.8. The van der Waals surface area contributed by atoms with Gasteiger partial charge < -0.3 is 10.6 Å². The highest BCUT2D eigenvalue weighted by molar-refractivity contribution is 5.80. The number of rotatable bonds is 4. The summed E-state index contributed by atoms with van der Waals surface area (Å²) in [5.74, 6) is 1.83. The van der Waals surface area contributed by atoms with Gasteiger partial charge in [0.25, 0.3) is 0 Å². The molecule has 0 radical (unpaired) electrons. The van der Waals surface area contributed by atoms with E-state index >= 15 is 0 Å². The standard InChI is InChI=1S/C16H30N2O/c1-12(16(19)17-2)18-15-11-7-6-10-14(15)13-8-4-3-5-9-13/h12-15,18H,3-11H2,1-2H3,(H,17,19). The zero-order valence-electron chi connectivity index (χ0n) is 12.6. The van der Waals surface area contributed by atoms with E-state index in [9.17, 15) is 4.79 Å². The summed E-state index contributed by atoms with van der Waals surface area (Å²) in [4.78, 5) is 11.7. The minimum Gasteiger partial charge on any atom is -0.358 e. The maximum atomic E-state index is 11.7. The molecule has 110 valence electrons. The summed E-state index contributed by atoms with van der Waals surface area (Å²) >= 11 is 0. The molecule has 0 spiro atoms. The van der Waals surface area contributed by atoms with Gasteiger partial charge in [-0.15, -0.1) is 0 Å². The van der Waals surface area contributed by atoms with Crippen LogP contribution >= 0.6 is 0 Å². The summed E-state index contributed by atoms with van der Waals surface area (Å²) in [6, 6.07) is 0.503. The molecular formula is C16H30N2O. The molecule has 3 atom stereocenters. The molecule has 0 bridgehead atoms. The molecule has 2 aliphatic rings. The maximum Gasteiger partial charge on any atom is 0.236 e. The second-order valence-corrected chi connectivity index (χ2v) is 6.46. The second-order valence-electron chi connectivity index (χ2n) is 6.46. The van der Waals surface area contributed by atoms with Crippen LogP contribution in [0.15, 0.2) is 0 Å². The number of carbonyl (C=O) groups is 1. The van der Waals surface area contributed by atoms with E-state index in [2.05, 4.69) is 10.6 Å². The molecule has 2 saturated carbocycles. The molecule has 0 aromatic rings. The lowest BCUT2D eigenvalue weighted by atomic mass is 9.71. The third kappa shape index (κ3) is 3.95. The third-order valence-corrected chi connectivity index (χ3v) is 5.18. The van der Waals surface area contributed by atoms with Crippen LogP contribution in [0.25, 0.3) is 0 Å². The van der Waals surface area contributed by atoms with Crippen LogP contribution in [0.3, 0.4) is 0 Å². The van der Waals surface area contributed by atoms with E-state index in [0.29, 0.717) is 6.04 Å². The fourth-order valence-electron chi connectivity index (χ4n) is 4.11. The highest BCUT2D eigenvalue weighted by atomic mass is 16.2. The topological polar surface area (TPSA) is 41.1 Å². The van der Waals surface area contributed by atoms with Crippen molar-refractivity contribution in [3.8, 4) is 0 Å². The summed E-state index contributed by atoms with van der Waals surface area (Å²) in [7, 11) is 1.72. The van der Waals surface area contributed by atoms with Crippen molar-refractivity contribution in [2.24, 2.45) is 11.8 Å². The van der Waals surface area contributed by atoms with Crippen LogP contribution in [0, 0.1) is 11.8 Å². The van der Waals surface area contributed by atoms with Gasteiger partial charge in [-0.2, -0.15) is 0 Å². The Morgan fingerprint density at radius 2 is 1.63 bits per heavy atom. The van der Waals surface area contributed by atoms with Gasteiger partial charge in [-0.25, -0.2) is 0 Å². The molecule has 0 heterocycles. The number of carbonyl (C=O) groups excluding carboxylic acids is 1. The minimum absolute atomic E-state index is 0.0563. The van der Waals surface area contributed by atoms with Crippen LogP contribution in [-0.4, -0.2) is 25.0 Å². The molecule has 2 N–H and O–H groups in total. The molecule has 0 aromatic heterocycles. The van der Waals surface area contributed by atoms with Crippen molar-refractivity contribution in [1.29, 1.82) is 0 Å². The first kappa shape index (κ1) is 14.8. The first-order chi connectivity index (χ1) is 9.22. The van der Waals surface area contributed by atoms with Crippen molar-refractivity contribution in [3.05, 3.63) is 0 Å². The average molecular weight is 266 g/mol. The largest absolute Gasteiger partial charge is 0.358 e. The smallest absolute Gasteiger partial charge is 0.236 e. The molecule has 3 nitrogen and oxygen atoms in total. The highest BCUT2D eigenvalue weighted by Gasteiger charge is 2.33. The average Bonchev–Trinajstić information content (AvgIpc) is 2.47.